The Hall–Kier alpha value is -0.760. The summed E-state index contributed by atoms with van der Waals surface area (Å²) in [6.07, 6.45) is 1.89. The molecule has 0 saturated carbocycles. The Kier molecular flexibility index (Phi) is 4.61. The second kappa shape index (κ2) is 5.81. The third kappa shape index (κ3) is 3.64. The summed E-state index contributed by atoms with van der Waals surface area (Å²) in [5.41, 5.74) is 1.24. The lowest BCUT2D eigenvalue weighted by Crippen LogP contribution is -2.08. The summed E-state index contributed by atoms with van der Waals surface area (Å²) in [4.78, 5) is 10.7. The van der Waals surface area contributed by atoms with Gasteiger partial charge in [-0.1, -0.05) is 37.3 Å². The van der Waals surface area contributed by atoms with E-state index < -0.39 is 0 Å². The highest BCUT2D eigenvalue weighted by Crippen LogP contribution is 2.13. The zero-order chi connectivity index (χ0) is 9.52. The number of hydrogen-bond acceptors (Lipinski definition) is 2. The van der Waals surface area contributed by atoms with Crippen molar-refractivity contribution >= 4 is 18.0 Å². The Morgan fingerprint density at radius 1 is 1.38 bits per heavy atom. The number of aldehydes is 1. The number of carbonyl (C=O) groups is 1. The van der Waals surface area contributed by atoms with Gasteiger partial charge in [0.2, 0.25) is 0 Å². The summed E-state index contributed by atoms with van der Waals surface area (Å²) in [6, 6.07) is 10.1. The first-order chi connectivity index (χ1) is 6.36. The molecule has 1 aromatic carbocycles. The number of hydrogen-bond donors (Lipinski definition) is 0. The number of rotatable bonds is 5. The first-order valence-corrected chi connectivity index (χ1v) is 5.52. The van der Waals surface area contributed by atoms with Crippen molar-refractivity contribution in [2.24, 2.45) is 0 Å². The van der Waals surface area contributed by atoms with Crippen LogP contribution in [-0.4, -0.2) is 17.3 Å². The lowest BCUT2D eigenvalue weighted by molar-refractivity contribution is -0.107. The average Bonchev–Trinajstić information content (AvgIpc) is 2.19. The highest BCUT2D eigenvalue weighted by Gasteiger charge is 2.06. The van der Waals surface area contributed by atoms with Crippen molar-refractivity contribution in [1.82, 2.24) is 0 Å². The molecule has 1 atom stereocenters. The number of carbonyl (C=O) groups excluding carboxylic acids is 1. The Labute approximate surface area is 83.5 Å². The monoisotopic (exact) mass is 194 g/mol. The van der Waals surface area contributed by atoms with Gasteiger partial charge in [0.25, 0.3) is 0 Å². The summed E-state index contributed by atoms with van der Waals surface area (Å²) in [5.74, 6) is 0.996. The van der Waals surface area contributed by atoms with Crippen LogP contribution in [0, 0.1) is 0 Å². The zero-order valence-corrected chi connectivity index (χ0v) is 8.59. The van der Waals surface area contributed by atoms with Gasteiger partial charge in [0.05, 0.1) is 5.25 Å². The van der Waals surface area contributed by atoms with Crippen molar-refractivity contribution in [3.63, 3.8) is 0 Å². The van der Waals surface area contributed by atoms with E-state index in [2.05, 4.69) is 19.1 Å². The maximum atomic E-state index is 10.7. The minimum Gasteiger partial charge on any atom is -0.302 e. The van der Waals surface area contributed by atoms with Gasteiger partial charge in [-0.2, -0.15) is 11.8 Å². The largest absolute Gasteiger partial charge is 0.302 e. The standard InChI is InChI=1S/C11H14OS/c1-2-13-11(9-12)8-10-6-4-3-5-7-10/h3-7,9,11H,2,8H2,1H3/t11-/m0/s1. The first-order valence-electron chi connectivity index (χ1n) is 4.47. The molecule has 0 saturated heterocycles. The molecule has 0 bridgehead atoms. The van der Waals surface area contributed by atoms with Gasteiger partial charge in [-0.25, -0.2) is 0 Å². The fraction of sp³-hybridized carbons (Fsp3) is 0.364. The number of thioether (sulfide) groups is 1. The normalized spacial score (nSPS) is 12.4. The fourth-order valence-electron chi connectivity index (χ4n) is 1.21. The molecule has 0 amide bonds. The molecular formula is C11H14OS. The van der Waals surface area contributed by atoms with E-state index in [0.717, 1.165) is 18.5 Å². The minimum atomic E-state index is 0.118. The van der Waals surface area contributed by atoms with Crippen molar-refractivity contribution in [1.29, 1.82) is 0 Å². The van der Waals surface area contributed by atoms with E-state index >= 15 is 0 Å². The molecular weight excluding hydrogens is 180 g/mol. The van der Waals surface area contributed by atoms with Gasteiger partial charge in [0.15, 0.2) is 0 Å². The van der Waals surface area contributed by atoms with Crippen molar-refractivity contribution < 1.29 is 4.79 Å². The van der Waals surface area contributed by atoms with Crippen LogP contribution >= 0.6 is 11.8 Å². The van der Waals surface area contributed by atoms with Crippen LogP contribution in [0.3, 0.4) is 0 Å². The van der Waals surface area contributed by atoms with Gasteiger partial charge < -0.3 is 4.79 Å². The Bertz CT molecular complexity index is 246. The molecule has 13 heavy (non-hydrogen) atoms. The summed E-state index contributed by atoms with van der Waals surface area (Å²) in [7, 11) is 0. The van der Waals surface area contributed by atoms with Gasteiger partial charge in [-0.3, -0.25) is 0 Å². The fourth-order valence-corrected chi connectivity index (χ4v) is 2.02. The zero-order valence-electron chi connectivity index (χ0n) is 7.77. The van der Waals surface area contributed by atoms with E-state index in [-0.39, 0.29) is 5.25 Å². The second-order valence-corrected chi connectivity index (χ2v) is 4.34. The van der Waals surface area contributed by atoms with Crippen LogP contribution < -0.4 is 0 Å². The van der Waals surface area contributed by atoms with Crippen LogP contribution in [0.1, 0.15) is 12.5 Å². The molecule has 1 rings (SSSR count). The van der Waals surface area contributed by atoms with E-state index in [1.54, 1.807) is 11.8 Å². The van der Waals surface area contributed by atoms with Crippen LogP contribution in [0.2, 0.25) is 0 Å². The molecule has 0 aliphatic carbocycles. The molecule has 1 aromatic rings. The second-order valence-electron chi connectivity index (χ2n) is 2.82. The first kappa shape index (κ1) is 10.3. The molecule has 1 nitrogen and oxygen atoms in total. The van der Waals surface area contributed by atoms with Gasteiger partial charge >= 0.3 is 0 Å². The minimum absolute atomic E-state index is 0.118. The van der Waals surface area contributed by atoms with Crippen molar-refractivity contribution in [2.75, 3.05) is 5.75 Å². The van der Waals surface area contributed by atoms with E-state index in [1.165, 1.54) is 5.56 Å². The molecule has 0 N–H and O–H groups in total. The van der Waals surface area contributed by atoms with E-state index in [9.17, 15) is 4.79 Å². The van der Waals surface area contributed by atoms with Crippen molar-refractivity contribution in [2.45, 2.75) is 18.6 Å². The van der Waals surface area contributed by atoms with Crippen LogP contribution in [0.4, 0.5) is 0 Å². The molecule has 0 radical (unpaired) electrons. The van der Waals surface area contributed by atoms with Gasteiger partial charge in [-0.15, -0.1) is 0 Å². The summed E-state index contributed by atoms with van der Waals surface area (Å²) >= 11 is 1.70. The summed E-state index contributed by atoms with van der Waals surface area (Å²) in [6.45, 7) is 2.08. The average molecular weight is 194 g/mol. The Morgan fingerprint density at radius 2 is 2.08 bits per heavy atom. The summed E-state index contributed by atoms with van der Waals surface area (Å²) < 4.78 is 0. The van der Waals surface area contributed by atoms with Crippen LogP contribution in [0.25, 0.3) is 0 Å². The van der Waals surface area contributed by atoms with E-state index in [0.29, 0.717) is 0 Å². The topological polar surface area (TPSA) is 17.1 Å². The van der Waals surface area contributed by atoms with E-state index in [4.69, 9.17) is 0 Å². The maximum Gasteiger partial charge on any atom is 0.133 e. The van der Waals surface area contributed by atoms with Gasteiger partial charge in [0.1, 0.15) is 6.29 Å². The third-order valence-electron chi connectivity index (χ3n) is 1.81. The Morgan fingerprint density at radius 3 is 2.62 bits per heavy atom. The lowest BCUT2D eigenvalue weighted by Gasteiger charge is -2.07. The predicted octanol–water partition coefficient (Wildman–Crippen LogP) is 2.55. The van der Waals surface area contributed by atoms with Crippen LogP contribution in [0.15, 0.2) is 30.3 Å². The maximum absolute atomic E-state index is 10.7. The summed E-state index contributed by atoms with van der Waals surface area (Å²) in [5, 5.41) is 0.118. The van der Waals surface area contributed by atoms with Crippen LogP contribution in [-0.2, 0) is 11.2 Å². The highest BCUT2D eigenvalue weighted by molar-refractivity contribution is 8.00. The SMILES string of the molecule is CCS[C@H](C=O)Cc1ccccc1. The number of benzene rings is 1. The van der Waals surface area contributed by atoms with Crippen molar-refractivity contribution in [3.8, 4) is 0 Å². The van der Waals surface area contributed by atoms with Crippen LogP contribution in [0.5, 0.6) is 0 Å². The van der Waals surface area contributed by atoms with E-state index in [1.807, 2.05) is 18.2 Å². The molecule has 0 aliphatic rings. The van der Waals surface area contributed by atoms with Gasteiger partial charge in [0, 0.05) is 0 Å². The molecule has 0 aromatic heterocycles. The lowest BCUT2D eigenvalue weighted by atomic mass is 10.1. The molecule has 0 fully saturated rings. The predicted molar refractivity (Wildman–Crippen MR) is 58.1 cm³/mol. The quantitative estimate of drug-likeness (QED) is 0.670. The van der Waals surface area contributed by atoms with Gasteiger partial charge in [-0.05, 0) is 17.7 Å². The third-order valence-corrected chi connectivity index (χ3v) is 2.85. The molecule has 0 aliphatic heterocycles. The Balaban J connectivity index is 2.51. The molecule has 0 unspecified atom stereocenters. The highest BCUT2D eigenvalue weighted by atomic mass is 32.2. The van der Waals surface area contributed by atoms with Crippen molar-refractivity contribution in [3.05, 3.63) is 35.9 Å². The molecule has 0 spiro atoms. The smallest absolute Gasteiger partial charge is 0.133 e. The molecule has 0 heterocycles. The molecule has 70 valence electrons. The molecule has 2 heteroatoms.